The predicted octanol–water partition coefficient (Wildman–Crippen LogP) is 2.18. The van der Waals surface area contributed by atoms with Crippen LogP contribution in [0.15, 0.2) is 18.3 Å². The van der Waals surface area contributed by atoms with Gasteiger partial charge in [0.15, 0.2) is 5.82 Å². The average molecular weight is 244 g/mol. The third-order valence-corrected chi connectivity index (χ3v) is 3.80. The maximum atomic E-state index is 5.97. The predicted molar refractivity (Wildman–Crippen MR) is 69.4 cm³/mol. The van der Waals surface area contributed by atoms with Crippen LogP contribution in [0.3, 0.4) is 0 Å². The second-order valence-corrected chi connectivity index (χ2v) is 5.01. The topological polar surface area (TPSA) is 64.7 Å². The minimum atomic E-state index is 0.597. The molecule has 0 fully saturated rings. The van der Waals surface area contributed by atoms with Crippen molar-refractivity contribution in [2.75, 3.05) is 5.73 Å². The third kappa shape index (κ3) is 1.76. The van der Waals surface area contributed by atoms with E-state index in [1.807, 2.05) is 30.8 Å². The van der Waals surface area contributed by atoms with Gasteiger partial charge in [-0.15, -0.1) is 0 Å². The van der Waals surface area contributed by atoms with E-state index in [-0.39, 0.29) is 0 Å². The Morgan fingerprint density at radius 3 is 3.00 bits per heavy atom. The summed E-state index contributed by atoms with van der Waals surface area (Å²) >= 11 is 1.82. The summed E-state index contributed by atoms with van der Waals surface area (Å²) in [6.07, 6.45) is 1.75. The molecule has 1 aliphatic heterocycles. The normalized spacial score (nSPS) is 13.7. The van der Waals surface area contributed by atoms with Crippen LogP contribution in [0.4, 0.5) is 5.82 Å². The number of thioether (sulfide) groups is 1. The van der Waals surface area contributed by atoms with Crippen molar-refractivity contribution in [2.24, 2.45) is 0 Å². The highest BCUT2D eigenvalue weighted by Gasteiger charge is 2.19. The van der Waals surface area contributed by atoms with Crippen molar-refractivity contribution in [1.82, 2.24) is 15.0 Å². The summed E-state index contributed by atoms with van der Waals surface area (Å²) in [7, 11) is 0. The zero-order chi connectivity index (χ0) is 11.8. The molecule has 1 aliphatic rings. The van der Waals surface area contributed by atoms with Gasteiger partial charge in [-0.3, -0.25) is 4.98 Å². The summed E-state index contributed by atoms with van der Waals surface area (Å²) in [6.45, 7) is 2.00. The molecule has 2 aromatic heterocycles. The number of rotatable bonds is 1. The molecule has 2 aromatic rings. The molecule has 0 atom stereocenters. The second kappa shape index (κ2) is 4.00. The number of nitrogen functional groups attached to an aromatic ring is 1. The average Bonchev–Trinajstić information content (AvgIpc) is 2.78. The van der Waals surface area contributed by atoms with E-state index in [2.05, 4.69) is 15.0 Å². The minimum absolute atomic E-state index is 0.597. The van der Waals surface area contributed by atoms with E-state index in [0.717, 1.165) is 34.0 Å². The van der Waals surface area contributed by atoms with Crippen molar-refractivity contribution in [3.8, 4) is 11.5 Å². The lowest BCUT2D eigenvalue weighted by Crippen LogP contribution is -2.04. The van der Waals surface area contributed by atoms with E-state index in [4.69, 9.17) is 5.73 Å². The Labute approximate surface area is 104 Å². The van der Waals surface area contributed by atoms with Crippen LogP contribution in [-0.2, 0) is 11.5 Å². The molecule has 2 N–H and O–H groups in total. The number of fused-ring (bicyclic) bond motifs is 1. The van der Waals surface area contributed by atoms with Gasteiger partial charge in [0.05, 0.1) is 5.69 Å². The maximum Gasteiger partial charge on any atom is 0.180 e. The molecule has 86 valence electrons. The van der Waals surface area contributed by atoms with E-state index in [1.165, 1.54) is 0 Å². The number of anilines is 1. The Bertz CT molecular complexity index is 583. The fourth-order valence-electron chi connectivity index (χ4n) is 1.90. The molecule has 0 spiro atoms. The summed E-state index contributed by atoms with van der Waals surface area (Å²) < 4.78 is 0. The fraction of sp³-hybridized carbons (Fsp3) is 0.250. The smallest absolute Gasteiger partial charge is 0.180 e. The molecule has 0 unspecified atom stereocenters. The van der Waals surface area contributed by atoms with Crippen molar-refractivity contribution >= 4 is 17.6 Å². The van der Waals surface area contributed by atoms with Crippen LogP contribution in [0.1, 0.15) is 16.8 Å². The minimum Gasteiger partial charge on any atom is -0.383 e. The molecule has 4 nitrogen and oxygen atoms in total. The highest BCUT2D eigenvalue weighted by Crippen LogP contribution is 2.33. The number of aromatic nitrogens is 3. The van der Waals surface area contributed by atoms with Crippen LogP contribution in [0, 0.1) is 6.92 Å². The van der Waals surface area contributed by atoms with E-state index >= 15 is 0 Å². The van der Waals surface area contributed by atoms with Crippen molar-refractivity contribution in [3.05, 3.63) is 35.2 Å². The van der Waals surface area contributed by atoms with Crippen LogP contribution < -0.4 is 5.73 Å². The molecule has 17 heavy (non-hydrogen) atoms. The van der Waals surface area contributed by atoms with Crippen molar-refractivity contribution in [1.29, 1.82) is 0 Å². The van der Waals surface area contributed by atoms with Crippen LogP contribution >= 0.6 is 11.8 Å². The quantitative estimate of drug-likeness (QED) is 0.833. The monoisotopic (exact) mass is 244 g/mol. The van der Waals surface area contributed by atoms with E-state index in [0.29, 0.717) is 11.6 Å². The molecule has 0 saturated heterocycles. The first kappa shape index (κ1) is 10.5. The highest BCUT2D eigenvalue weighted by molar-refractivity contribution is 7.98. The van der Waals surface area contributed by atoms with Crippen LogP contribution in [0.25, 0.3) is 11.5 Å². The maximum absolute atomic E-state index is 5.97. The number of pyridine rings is 1. The Hall–Kier alpha value is -1.62. The lowest BCUT2D eigenvalue weighted by Gasteiger charge is -2.07. The Balaban J connectivity index is 2.17. The van der Waals surface area contributed by atoms with E-state index in [9.17, 15) is 0 Å². The van der Waals surface area contributed by atoms with Gasteiger partial charge in [0.2, 0.25) is 0 Å². The van der Waals surface area contributed by atoms with Gasteiger partial charge in [0.1, 0.15) is 11.5 Å². The Kier molecular flexibility index (Phi) is 2.48. The SMILES string of the molecule is Cc1cccnc1-c1nc(N)c2c(n1)CSC2. The zero-order valence-electron chi connectivity index (χ0n) is 9.47. The van der Waals surface area contributed by atoms with Gasteiger partial charge in [-0.05, 0) is 18.6 Å². The molecule has 0 aliphatic carbocycles. The molecular weight excluding hydrogens is 232 g/mol. The highest BCUT2D eigenvalue weighted by atomic mass is 32.2. The first-order chi connectivity index (χ1) is 8.25. The zero-order valence-corrected chi connectivity index (χ0v) is 10.3. The first-order valence-electron chi connectivity index (χ1n) is 5.40. The molecule has 5 heteroatoms. The van der Waals surface area contributed by atoms with Gasteiger partial charge in [-0.25, -0.2) is 9.97 Å². The summed E-state index contributed by atoms with van der Waals surface area (Å²) in [4.78, 5) is 13.3. The summed E-state index contributed by atoms with van der Waals surface area (Å²) in [5.74, 6) is 3.07. The van der Waals surface area contributed by atoms with Crippen molar-refractivity contribution < 1.29 is 0 Å². The van der Waals surface area contributed by atoms with Crippen LogP contribution in [0.2, 0.25) is 0 Å². The van der Waals surface area contributed by atoms with Gasteiger partial charge < -0.3 is 5.73 Å². The van der Waals surface area contributed by atoms with Crippen molar-refractivity contribution in [2.45, 2.75) is 18.4 Å². The molecule has 0 bridgehead atoms. The van der Waals surface area contributed by atoms with Gasteiger partial charge in [0, 0.05) is 23.3 Å². The molecular formula is C12H12N4S. The first-order valence-corrected chi connectivity index (χ1v) is 6.56. The van der Waals surface area contributed by atoms with Crippen molar-refractivity contribution in [3.63, 3.8) is 0 Å². The molecule has 3 rings (SSSR count). The van der Waals surface area contributed by atoms with Crippen LogP contribution in [0.5, 0.6) is 0 Å². The standard InChI is InChI=1S/C12H12N4S/c1-7-3-2-4-14-10(7)12-15-9-6-17-5-8(9)11(13)16-12/h2-4H,5-6H2,1H3,(H2,13,15,16). The number of hydrogen-bond acceptors (Lipinski definition) is 5. The number of nitrogens with zero attached hydrogens (tertiary/aromatic N) is 3. The molecule has 0 saturated carbocycles. The lowest BCUT2D eigenvalue weighted by atomic mass is 10.2. The second-order valence-electron chi connectivity index (χ2n) is 4.02. The van der Waals surface area contributed by atoms with Gasteiger partial charge >= 0.3 is 0 Å². The number of nitrogens with two attached hydrogens (primary N) is 1. The van der Waals surface area contributed by atoms with E-state index < -0.39 is 0 Å². The van der Waals surface area contributed by atoms with Gasteiger partial charge in [-0.2, -0.15) is 11.8 Å². The molecule has 0 amide bonds. The van der Waals surface area contributed by atoms with Crippen LogP contribution in [-0.4, -0.2) is 15.0 Å². The molecule has 3 heterocycles. The number of hydrogen-bond donors (Lipinski definition) is 1. The Morgan fingerprint density at radius 2 is 2.18 bits per heavy atom. The Morgan fingerprint density at radius 1 is 1.29 bits per heavy atom. The molecule has 0 aromatic carbocycles. The third-order valence-electron chi connectivity index (χ3n) is 2.83. The van der Waals surface area contributed by atoms with E-state index in [1.54, 1.807) is 6.20 Å². The lowest BCUT2D eigenvalue weighted by molar-refractivity contribution is 1.06. The largest absolute Gasteiger partial charge is 0.383 e. The summed E-state index contributed by atoms with van der Waals surface area (Å²) in [6, 6.07) is 3.91. The summed E-state index contributed by atoms with van der Waals surface area (Å²) in [5.41, 5.74) is 10.0. The summed E-state index contributed by atoms with van der Waals surface area (Å²) in [5, 5.41) is 0. The van der Waals surface area contributed by atoms with Gasteiger partial charge in [0.25, 0.3) is 0 Å². The van der Waals surface area contributed by atoms with Gasteiger partial charge in [-0.1, -0.05) is 6.07 Å². The molecule has 0 radical (unpaired) electrons. The fourth-order valence-corrected chi connectivity index (χ4v) is 2.95. The number of aryl methyl sites for hydroxylation is 1.